The van der Waals surface area contributed by atoms with Crippen LogP contribution in [0.15, 0.2) is 61.8 Å². The minimum atomic E-state index is -0.268. The van der Waals surface area contributed by atoms with E-state index in [9.17, 15) is 4.79 Å². The molecule has 2 N–H and O–H groups in total. The van der Waals surface area contributed by atoms with Gasteiger partial charge in [-0.25, -0.2) is 15.0 Å². The van der Waals surface area contributed by atoms with Gasteiger partial charge in [0.1, 0.15) is 12.0 Å². The van der Waals surface area contributed by atoms with Crippen LogP contribution >= 0.6 is 11.6 Å². The van der Waals surface area contributed by atoms with Crippen LogP contribution in [-0.4, -0.2) is 25.8 Å². The van der Waals surface area contributed by atoms with Crippen LogP contribution < -0.4 is 5.32 Å². The summed E-state index contributed by atoms with van der Waals surface area (Å²) in [5.41, 5.74) is 5.67. The summed E-state index contributed by atoms with van der Waals surface area (Å²) in [5.74, 6) is -0.268. The summed E-state index contributed by atoms with van der Waals surface area (Å²) in [7, 11) is 0. The van der Waals surface area contributed by atoms with Crippen molar-refractivity contribution < 1.29 is 4.79 Å². The number of H-pyrrole nitrogens is 1. The Labute approximate surface area is 166 Å². The van der Waals surface area contributed by atoms with Crippen molar-refractivity contribution in [3.63, 3.8) is 0 Å². The lowest BCUT2D eigenvalue weighted by atomic mass is 9.98. The molecule has 6 nitrogen and oxygen atoms in total. The Morgan fingerprint density at radius 2 is 2.00 bits per heavy atom. The van der Waals surface area contributed by atoms with Gasteiger partial charge >= 0.3 is 0 Å². The van der Waals surface area contributed by atoms with Crippen molar-refractivity contribution in [3.05, 3.63) is 72.4 Å². The maximum atomic E-state index is 11.8. The number of aromatic nitrogens is 4. The minimum Gasteiger partial charge on any atom is -0.339 e. The molecular formula is C21H16ClN5O. The van der Waals surface area contributed by atoms with Crippen LogP contribution in [0.5, 0.6) is 0 Å². The number of pyridine rings is 1. The maximum Gasteiger partial charge on any atom is 0.247 e. The SMILES string of the molecule is C=CC(=O)Nc1cc(-c2c(-c3cncnc3)[nH]c3nccc(Cl)c23)ccc1C. The smallest absolute Gasteiger partial charge is 0.247 e. The number of anilines is 1. The second kappa shape index (κ2) is 7.25. The van der Waals surface area contributed by atoms with Gasteiger partial charge in [-0.3, -0.25) is 4.79 Å². The zero-order valence-electron chi connectivity index (χ0n) is 15.0. The fourth-order valence-corrected chi connectivity index (χ4v) is 3.35. The molecule has 0 aliphatic heterocycles. The molecule has 0 spiro atoms. The predicted octanol–water partition coefficient (Wildman–Crippen LogP) is 4.77. The van der Waals surface area contributed by atoms with Crippen molar-refractivity contribution in [2.45, 2.75) is 6.92 Å². The molecule has 3 aromatic heterocycles. The highest BCUT2D eigenvalue weighted by atomic mass is 35.5. The fraction of sp³-hybridized carbons (Fsp3) is 0.0476. The number of rotatable bonds is 4. The Morgan fingerprint density at radius 1 is 1.21 bits per heavy atom. The van der Waals surface area contributed by atoms with Gasteiger partial charge in [0.2, 0.25) is 5.91 Å². The molecular weight excluding hydrogens is 374 g/mol. The van der Waals surface area contributed by atoms with E-state index in [1.165, 1.54) is 12.4 Å². The first kappa shape index (κ1) is 17.9. The average molecular weight is 390 g/mol. The molecule has 0 aliphatic carbocycles. The highest BCUT2D eigenvalue weighted by molar-refractivity contribution is 6.36. The number of hydrogen-bond donors (Lipinski definition) is 2. The third kappa shape index (κ3) is 3.14. The van der Waals surface area contributed by atoms with Gasteiger partial charge in [0.15, 0.2) is 0 Å². The summed E-state index contributed by atoms with van der Waals surface area (Å²) < 4.78 is 0. The summed E-state index contributed by atoms with van der Waals surface area (Å²) in [6, 6.07) is 7.59. The lowest BCUT2D eigenvalue weighted by Crippen LogP contribution is -2.08. The molecule has 28 heavy (non-hydrogen) atoms. The molecule has 0 atom stereocenters. The third-order valence-electron chi connectivity index (χ3n) is 4.46. The van der Waals surface area contributed by atoms with E-state index >= 15 is 0 Å². The summed E-state index contributed by atoms with van der Waals surface area (Å²) in [4.78, 5) is 27.8. The second-order valence-corrected chi connectivity index (χ2v) is 6.65. The molecule has 0 radical (unpaired) electrons. The fourth-order valence-electron chi connectivity index (χ4n) is 3.11. The summed E-state index contributed by atoms with van der Waals surface area (Å²) in [5, 5.41) is 4.22. The molecule has 3 heterocycles. The maximum absolute atomic E-state index is 11.8. The van der Waals surface area contributed by atoms with Gasteiger partial charge in [-0.1, -0.05) is 30.3 Å². The molecule has 1 amide bonds. The molecule has 0 saturated carbocycles. The number of aryl methyl sites for hydroxylation is 1. The number of aromatic amines is 1. The van der Waals surface area contributed by atoms with Crippen LogP contribution in [-0.2, 0) is 4.79 Å². The molecule has 0 bridgehead atoms. The largest absolute Gasteiger partial charge is 0.339 e. The lowest BCUT2D eigenvalue weighted by Gasteiger charge is -2.11. The van der Waals surface area contributed by atoms with Gasteiger partial charge in [0.25, 0.3) is 0 Å². The monoisotopic (exact) mass is 389 g/mol. The van der Waals surface area contributed by atoms with E-state index in [0.29, 0.717) is 16.4 Å². The number of carbonyl (C=O) groups excluding carboxylic acids is 1. The topological polar surface area (TPSA) is 83.6 Å². The van der Waals surface area contributed by atoms with E-state index < -0.39 is 0 Å². The van der Waals surface area contributed by atoms with Gasteiger partial charge in [0.05, 0.1) is 10.7 Å². The molecule has 4 aromatic rings. The summed E-state index contributed by atoms with van der Waals surface area (Å²) in [6.45, 7) is 5.44. The number of carbonyl (C=O) groups is 1. The van der Waals surface area contributed by atoms with E-state index in [4.69, 9.17) is 11.6 Å². The normalized spacial score (nSPS) is 10.8. The molecule has 138 valence electrons. The summed E-state index contributed by atoms with van der Waals surface area (Å²) in [6.07, 6.45) is 7.83. The Hall–Kier alpha value is -3.51. The first-order valence-corrected chi connectivity index (χ1v) is 8.92. The van der Waals surface area contributed by atoms with Crippen LogP contribution in [0.1, 0.15) is 5.56 Å². The third-order valence-corrected chi connectivity index (χ3v) is 4.78. The zero-order chi connectivity index (χ0) is 19.7. The van der Waals surface area contributed by atoms with E-state index in [1.807, 2.05) is 25.1 Å². The van der Waals surface area contributed by atoms with Crippen molar-refractivity contribution in [1.82, 2.24) is 19.9 Å². The molecule has 7 heteroatoms. The van der Waals surface area contributed by atoms with Crippen LogP contribution in [0, 0.1) is 6.92 Å². The standard InChI is InChI=1S/C21H16ClN5O/c1-3-17(28)26-16-8-13(5-4-12(16)2)18-19-15(22)6-7-25-21(19)27-20(18)14-9-23-11-24-10-14/h3-11H,1H2,2H3,(H,25,27)(H,26,28). The van der Waals surface area contributed by atoms with Gasteiger partial charge in [-0.05, 0) is 36.3 Å². The van der Waals surface area contributed by atoms with Gasteiger partial charge < -0.3 is 10.3 Å². The quantitative estimate of drug-likeness (QED) is 0.492. The predicted molar refractivity (Wildman–Crippen MR) is 111 cm³/mol. The van der Waals surface area contributed by atoms with E-state index in [2.05, 4.69) is 31.8 Å². The molecule has 1 aromatic carbocycles. The molecule has 0 unspecified atom stereocenters. The average Bonchev–Trinajstić information content (AvgIpc) is 3.11. The number of benzene rings is 1. The number of amides is 1. The second-order valence-electron chi connectivity index (χ2n) is 6.24. The molecule has 0 saturated heterocycles. The number of fused-ring (bicyclic) bond motifs is 1. The van der Waals surface area contributed by atoms with Gasteiger partial charge in [0, 0.05) is 40.8 Å². The molecule has 0 aliphatic rings. The Bertz CT molecular complexity index is 1200. The first-order valence-electron chi connectivity index (χ1n) is 8.54. The number of nitrogens with zero attached hydrogens (tertiary/aromatic N) is 3. The molecule has 4 rings (SSSR count). The van der Waals surface area contributed by atoms with E-state index in [1.54, 1.807) is 24.7 Å². The van der Waals surface area contributed by atoms with E-state index in [0.717, 1.165) is 33.3 Å². The Kier molecular flexibility index (Phi) is 4.63. The number of hydrogen-bond acceptors (Lipinski definition) is 4. The highest BCUT2D eigenvalue weighted by Crippen LogP contribution is 2.41. The van der Waals surface area contributed by atoms with Crippen molar-refractivity contribution in [2.75, 3.05) is 5.32 Å². The summed E-state index contributed by atoms with van der Waals surface area (Å²) >= 11 is 6.52. The van der Waals surface area contributed by atoms with Crippen molar-refractivity contribution in [3.8, 4) is 22.4 Å². The minimum absolute atomic E-state index is 0.268. The highest BCUT2D eigenvalue weighted by Gasteiger charge is 2.19. The van der Waals surface area contributed by atoms with Crippen molar-refractivity contribution >= 4 is 34.2 Å². The number of halogens is 1. The van der Waals surface area contributed by atoms with Crippen LogP contribution in [0.3, 0.4) is 0 Å². The first-order chi connectivity index (χ1) is 13.6. The zero-order valence-corrected chi connectivity index (χ0v) is 15.8. The number of nitrogens with one attached hydrogen (secondary N) is 2. The van der Waals surface area contributed by atoms with E-state index in [-0.39, 0.29) is 5.91 Å². The van der Waals surface area contributed by atoms with Gasteiger partial charge in [-0.15, -0.1) is 0 Å². The van der Waals surface area contributed by atoms with Crippen LogP contribution in [0.4, 0.5) is 5.69 Å². The van der Waals surface area contributed by atoms with Crippen LogP contribution in [0.25, 0.3) is 33.4 Å². The molecule has 0 fully saturated rings. The van der Waals surface area contributed by atoms with Crippen molar-refractivity contribution in [2.24, 2.45) is 0 Å². The van der Waals surface area contributed by atoms with Crippen molar-refractivity contribution in [1.29, 1.82) is 0 Å². The Morgan fingerprint density at radius 3 is 2.75 bits per heavy atom. The lowest BCUT2D eigenvalue weighted by molar-refractivity contribution is -0.111. The Balaban J connectivity index is 1.99. The van der Waals surface area contributed by atoms with Gasteiger partial charge in [-0.2, -0.15) is 0 Å². The van der Waals surface area contributed by atoms with Crippen LogP contribution in [0.2, 0.25) is 5.02 Å².